The van der Waals surface area contributed by atoms with Crippen molar-refractivity contribution in [2.24, 2.45) is 0 Å². The molecule has 23 heavy (non-hydrogen) atoms. The molecule has 0 aliphatic heterocycles. The van der Waals surface area contributed by atoms with Gasteiger partial charge in [-0.3, -0.25) is 0 Å². The summed E-state index contributed by atoms with van der Waals surface area (Å²) < 4.78 is 11.1. The van der Waals surface area contributed by atoms with Crippen LogP contribution in [0.25, 0.3) is 0 Å². The molecule has 0 aliphatic rings. The van der Waals surface area contributed by atoms with Gasteiger partial charge in [0, 0.05) is 0 Å². The molecule has 0 heterocycles. The molecule has 1 N–H and O–H groups in total. The van der Waals surface area contributed by atoms with Gasteiger partial charge in [0.05, 0.1) is 40.5 Å². The molecule has 0 saturated carbocycles. The number of quaternary nitrogens is 1. The topological polar surface area (TPSA) is 55.8 Å². The van der Waals surface area contributed by atoms with Crippen molar-refractivity contribution in [3.8, 4) is 0 Å². The number of hydrogen-bond donors (Lipinski definition) is 1. The van der Waals surface area contributed by atoms with E-state index in [4.69, 9.17) is 14.6 Å². The van der Waals surface area contributed by atoms with Gasteiger partial charge in [0.25, 0.3) is 0 Å². The van der Waals surface area contributed by atoms with E-state index in [1.165, 1.54) is 38.5 Å². The number of nitrogens with zero attached hydrogens (tertiary/aromatic N) is 1. The number of aliphatic hydroxyl groups excluding tert-OH is 1. The van der Waals surface area contributed by atoms with Crippen LogP contribution in [0, 0.1) is 0 Å². The molecular weight excluding hydrogens is 294 g/mol. The Hall–Kier alpha value is -0.650. The number of esters is 1. The monoisotopic (exact) mass is 332 g/mol. The molecule has 5 heteroatoms. The van der Waals surface area contributed by atoms with Gasteiger partial charge in [0.2, 0.25) is 0 Å². The Bertz CT molecular complexity index is 282. The number of carbonyl (C=O) groups is 1. The van der Waals surface area contributed by atoms with Crippen molar-refractivity contribution in [3.05, 3.63) is 0 Å². The van der Waals surface area contributed by atoms with E-state index in [1.807, 2.05) is 14.1 Å². The SMILES string of the molecule is CCCCCCCCCCOC(=O)C[N+](C)(C)CCOCCO. The van der Waals surface area contributed by atoms with E-state index in [0.717, 1.165) is 19.4 Å². The number of rotatable bonds is 16. The molecule has 0 bridgehead atoms. The average Bonchev–Trinajstić information content (AvgIpc) is 2.49. The van der Waals surface area contributed by atoms with Crippen molar-refractivity contribution in [2.75, 3.05) is 53.6 Å². The van der Waals surface area contributed by atoms with Gasteiger partial charge >= 0.3 is 5.97 Å². The van der Waals surface area contributed by atoms with Gasteiger partial charge in [-0.1, -0.05) is 51.9 Å². The fourth-order valence-electron chi connectivity index (χ4n) is 2.37. The van der Waals surface area contributed by atoms with Crippen molar-refractivity contribution >= 4 is 5.97 Å². The first-order valence-corrected chi connectivity index (χ1v) is 9.18. The molecule has 0 aromatic heterocycles. The number of carbonyl (C=O) groups excluding carboxylic acids is 1. The van der Waals surface area contributed by atoms with Crippen molar-refractivity contribution in [1.82, 2.24) is 0 Å². The molecule has 0 unspecified atom stereocenters. The highest BCUT2D eigenvalue weighted by atomic mass is 16.5. The van der Waals surface area contributed by atoms with Crippen molar-refractivity contribution in [3.63, 3.8) is 0 Å². The lowest BCUT2D eigenvalue weighted by molar-refractivity contribution is -0.883. The second-order valence-corrected chi connectivity index (χ2v) is 6.85. The Kier molecular flexibility index (Phi) is 14.5. The van der Waals surface area contributed by atoms with Crippen LogP contribution in [0.4, 0.5) is 0 Å². The van der Waals surface area contributed by atoms with E-state index >= 15 is 0 Å². The second-order valence-electron chi connectivity index (χ2n) is 6.85. The minimum absolute atomic E-state index is 0.0358. The standard InChI is InChI=1S/C18H38NO4/c1-4-5-6-7-8-9-10-11-14-23-18(21)17-19(2,3)12-15-22-16-13-20/h20H,4-17H2,1-3H3/q+1. The molecule has 138 valence electrons. The highest BCUT2D eigenvalue weighted by Gasteiger charge is 2.20. The van der Waals surface area contributed by atoms with E-state index in [1.54, 1.807) is 0 Å². The molecule has 0 saturated heterocycles. The van der Waals surface area contributed by atoms with Crippen LogP contribution in [0.2, 0.25) is 0 Å². The van der Waals surface area contributed by atoms with Crippen LogP contribution in [0.15, 0.2) is 0 Å². The summed E-state index contributed by atoms with van der Waals surface area (Å²) in [6.07, 6.45) is 9.96. The predicted molar refractivity (Wildman–Crippen MR) is 93.3 cm³/mol. The first kappa shape index (κ1) is 22.4. The minimum atomic E-state index is -0.139. The van der Waals surface area contributed by atoms with E-state index in [9.17, 15) is 4.79 Å². The molecule has 0 fully saturated rings. The van der Waals surface area contributed by atoms with E-state index in [-0.39, 0.29) is 12.6 Å². The van der Waals surface area contributed by atoms with Gasteiger partial charge in [-0.2, -0.15) is 0 Å². The highest BCUT2D eigenvalue weighted by molar-refractivity contribution is 5.70. The van der Waals surface area contributed by atoms with E-state index < -0.39 is 0 Å². The largest absolute Gasteiger partial charge is 0.462 e. The zero-order valence-electron chi connectivity index (χ0n) is 15.5. The highest BCUT2D eigenvalue weighted by Crippen LogP contribution is 2.08. The average molecular weight is 333 g/mol. The maximum atomic E-state index is 11.8. The van der Waals surface area contributed by atoms with Crippen LogP contribution in [-0.4, -0.2) is 69.2 Å². The minimum Gasteiger partial charge on any atom is -0.462 e. The van der Waals surface area contributed by atoms with Gasteiger partial charge in [-0.05, 0) is 6.42 Å². The smallest absolute Gasteiger partial charge is 0.361 e. The maximum absolute atomic E-state index is 11.8. The summed E-state index contributed by atoms with van der Waals surface area (Å²) in [5, 5.41) is 8.65. The molecule has 0 aromatic rings. The normalized spacial score (nSPS) is 11.7. The summed E-state index contributed by atoms with van der Waals surface area (Å²) in [5.74, 6) is -0.139. The molecule has 5 nitrogen and oxygen atoms in total. The summed E-state index contributed by atoms with van der Waals surface area (Å²) in [7, 11) is 3.97. The molecular formula is C18H38NO4+. The Labute approximate surface area is 142 Å². The summed E-state index contributed by atoms with van der Waals surface area (Å²) >= 11 is 0. The third-order valence-corrected chi connectivity index (χ3v) is 3.89. The summed E-state index contributed by atoms with van der Waals surface area (Å²) in [6, 6.07) is 0. The molecule has 0 aliphatic carbocycles. The molecule has 0 radical (unpaired) electrons. The number of ether oxygens (including phenoxy) is 2. The maximum Gasteiger partial charge on any atom is 0.361 e. The first-order valence-electron chi connectivity index (χ1n) is 9.18. The van der Waals surface area contributed by atoms with Crippen LogP contribution in [0.1, 0.15) is 58.3 Å². The lowest BCUT2D eigenvalue weighted by atomic mass is 10.1. The third-order valence-electron chi connectivity index (χ3n) is 3.89. The molecule has 0 aromatic carbocycles. The van der Waals surface area contributed by atoms with Gasteiger partial charge in [-0.15, -0.1) is 0 Å². The van der Waals surface area contributed by atoms with E-state index in [0.29, 0.717) is 30.8 Å². The summed E-state index contributed by atoms with van der Waals surface area (Å²) in [4.78, 5) is 11.8. The number of likely N-dealkylation sites (N-methyl/N-ethyl adjacent to an activating group) is 1. The van der Waals surface area contributed by atoms with Crippen LogP contribution in [0.5, 0.6) is 0 Å². The molecule has 0 rings (SSSR count). The van der Waals surface area contributed by atoms with E-state index in [2.05, 4.69) is 6.92 Å². The second kappa shape index (κ2) is 14.9. The lowest BCUT2D eigenvalue weighted by Gasteiger charge is -2.28. The van der Waals surface area contributed by atoms with Gasteiger partial charge in [0.1, 0.15) is 6.54 Å². The van der Waals surface area contributed by atoms with Crippen molar-refractivity contribution in [2.45, 2.75) is 58.3 Å². The molecule has 0 amide bonds. The number of hydrogen-bond acceptors (Lipinski definition) is 4. The number of unbranched alkanes of at least 4 members (excludes halogenated alkanes) is 7. The van der Waals surface area contributed by atoms with Crippen molar-refractivity contribution < 1.29 is 23.9 Å². The van der Waals surface area contributed by atoms with Crippen LogP contribution in [-0.2, 0) is 14.3 Å². The Morgan fingerprint density at radius 1 is 0.913 bits per heavy atom. The molecule has 0 atom stereocenters. The zero-order valence-corrected chi connectivity index (χ0v) is 15.5. The quantitative estimate of drug-likeness (QED) is 0.268. The summed E-state index contributed by atoms with van der Waals surface area (Å²) in [5.41, 5.74) is 0. The van der Waals surface area contributed by atoms with Crippen molar-refractivity contribution in [1.29, 1.82) is 0 Å². The van der Waals surface area contributed by atoms with Crippen LogP contribution < -0.4 is 0 Å². The predicted octanol–water partition coefficient (Wildman–Crippen LogP) is 2.76. The zero-order chi connectivity index (χ0) is 17.4. The Balaban J connectivity index is 3.51. The van der Waals surface area contributed by atoms with Crippen LogP contribution in [0.3, 0.4) is 0 Å². The fraction of sp³-hybridized carbons (Fsp3) is 0.944. The summed E-state index contributed by atoms with van der Waals surface area (Å²) in [6.45, 7) is 4.79. The fourth-order valence-corrected chi connectivity index (χ4v) is 2.37. The number of aliphatic hydroxyl groups is 1. The third kappa shape index (κ3) is 16.0. The van der Waals surface area contributed by atoms with Gasteiger partial charge in [-0.25, -0.2) is 4.79 Å². The first-order chi connectivity index (χ1) is 11.0. The molecule has 0 spiro atoms. The van der Waals surface area contributed by atoms with Gasteiger partial charge < -0.3 is 19.1 Å². The van der Waals surface area contributed by atoms with Crippen LogP contribution >= 0.6 is 0 Å². The lowest BCUT2D eigenvalue weighted by Crippen LogP contribution is -2.46. The Morgan fingerprint density at radius 2 is 1.52 bits per heavy atom. The Morgan fingerprint density at radius 3 is 2.13 bits per heavy atom. The van der Waals surface area contributed by atoms with Gasteiger partial charge in [0.15, 0.2) is 6.54 Å².